The van der Waals surface area contributed by atoms with Gasteiger partial charge < -0.3 is 10.1 Å². The molecular weight excluding hydrogens is 356 g/mol. The van der Waals surface area contributed by atoms with Gasteiger partial charge in [0.05, 0.1) is 12.6 Å². The van der Waals surface area contributed by atoms with Crippen LogP contribution < -0.4 is 20.7 Å². The Labute approximate surface area is 155 Å². The van der Waals surface area contributed by atoms with E-state index in [1.807, 2.05) is 30.3 Å². The Kier molecular flexibility index (Phi) is 7.69. The number of halogens is 2. The molecule has 0 aliphatic rings. The van der Waals surface area contributed by atoms with Crippen LogP contribution in [0.1, 0.15) is 24.1 Å². The number of carbonyl (C=O) groups excluding carboxylic acids is 2. The molecule has 2 aromatic carbocycles. The van der Waals surface area contributed by atoms with Crippen LogP contribution in [0.4, 0.5) is 13.6 Å². The van der Waals surface area contributed by atoms with E-state index in [0.717, 1.165) is 11.1 Å². The largest absolute Gasteiger partial charge is 0.435 e. The van der Waals surface area contributed by atoms with Crippen LogP contribution in [0.5, 0.6) is 5.75 Å². The highest BCUT2D eigenvalue weighted by molar-refractivity contribution is 5.95. The van der Waals surface area contributed by atoms with Crippen molar-refractivity contribution in [2.24, 2.45) is 0 Å². The number of imide groups is 1. The number of alkyl halides is 2. The van der Waals surface area contributed by atoms with E-state index < -0.39 is 18.5 Å². The quantitative estimate of drug-likeness (QED) is 0.661. The lowest BCUT2D eigenvalue weighted by atomic mass is 9.98. The predicted molar refractivity (Wildman–Crippen MR) is 96.6 cm³/mol. The maximum Gasteiger partial charge on any atom is 0.387 e. The Morgan fingerprint density at radius 1 is 1.00 bits per heavy atom. The normalized spacial score (nSPS) is 11.7. The Hall–Kier alpha value is -3.00. The fourth-order valence-electron chi connectivity index (χ4n) is 2.49. The number of ether oxygens (including phenoxy) is 1. The van der Waals surface area contributed by atoms with Gasteiger partial charge in [0.2, 0.25) is 5.91 Å². The van der Waals surface area contributed by atoms with Crippen molar-refractivity contribution in [2.75, 3.05) is 13.1 Å². The minimum absolute atomic E-state index is 0.0505. The minimum atomic E-state index is -2.89. The molecule has 2 rings (SSSR count). The fourth-order valence-corrected chi connectivity index (χ4v) is 2.49. The Morgan fingerprint density at radius 2 is 1.63 bits per heavy atom. The summed E-state index contributed by atoms with van der Waals surface area (Å²) in [6.07, 6.45) is 0. The molecule has 0 heterocycles. The maximum atomic E-state index is 12.3. The molecule has 0 aliphatic heterocycles. The lowest BCUT2D eigenvalue weighted by Gasteiger charge is -2.20. The van der Waals surface area contributed by atoms with Crippen molar-refractivity contribution >= 4 is 11.9 Å². The van der Waals surface area contributed by atoms with E-state index in [1.165, 1.54) is 12.1 Å². The minimum Gasteiger partial charge on any atom is -0.435 e. The average molecular weight is 377 g/mol. The molecular formula is C19H21F2N3O3. The zero-order chi connectivity index (χ0) is 19.6. The smallest absolute Gasteiger partial charge is 0.387 e. The zero-order valence-corrected chi connectivity index (χ0v) is 14.7. The first-order valence-electron chi connectivity index (χ1n) is 8.40. The van der Waals surface area contributed by atoms with E-state index >= 15 is 0 Å². The summed E-state index contributed by atoms with van der Waals surface area (Å²) in [7, 11) is 0. The van der Waals surface area contributed by atoms with E-state index in [4.69, 9.17) is 0 Å². The van der Waals surface area contributed by atoms with Crippen LogP contribution in [0.15, 0.2) is 54.6 Å². The van der Waals surface area contributed by atoms with E-state index in [0.29, 0.717) is 6.54 Å². The second-order valence-electron chi connectivity index (χ2n) is 5.58. The number of amides is 3. The molecule has 8 heteroatoms. The van der Waals surface area contributed by atoms with Crippen molar-refractivity contribution in [2.45, 2.75) is 19.6 Å². The first-order valence-corrected chi connectivity index (χ1v) is 8.40. The van der Waals surface area contributed by atoms with Crippen LogP contribution in [0, 0.1) is 0 Å². The summed E-state index contributed by atoms with van der Waals surface area (Å²) in [6, 6.07) is 14.6. The van der Waals surface area contributed by atoms with Crippen LogP contribution in [-0.2, 0) is 4.79 Å². The van der Waals surface area contributed by atoms with Crippen molar-refractivity contribution in [3.63, 3.8) is 0 Å². The topological polar surface area (TPSA) is 79.5 Å². The molecule has 2 aromatic rings. The van der Waals surface area contributed by atoms with Gasteiger partial charge in [-0.2, -0.15) is 8.78 Å². The van der Waals surface area contributed by atoms with E-state index in [9.17, 15) is 18.4 Å². The standard InChI is InChI=1S/C19H21F2N3O3/c1-2-22-19(26)24-16(25)12-23-17(13-6-4-3-5-7-13)14-8-10-15(11-9-14)27-18(20)21/h3-11,17-18,23H,2,12H2,1H3,(H2,22,24,25,26)/t17-/m1/s1. The summed E-state index contributed by atoms with van der Waals surface area (Å²) >= 11 is 0. The summed E-state index contributed by atoms with van der Waals surface area (Å²) in [5.41, 5.74) is 1.64. The Balaban J connectivity index is 2.10. The van der Waals surface area contributed by atoms with Crippen LogP contribution in [0.25, 0.3) is 0 Å². The van der Waals surface area contributed by atoms with Gasteiger partial charge in [0.15, 0.2) is 0 Å². The fraction of sp³-hybridized carbons (Fsp3) is 0.263. The number of hydrogen-bond acceptors (Lipinski definition) is 4. The lowest BCUT2D eigenvalue weighted by molar-refractivity contribution is -0.119. The van der Waals surface area contributed by atoms with Gasteiger partial charge in [-0.05, 0) is 30.2 Å². The molecule has 1 atom stereocenters. The average Bonchev–Trinajstić information content (AvgIpc) is 2.64. The summed E-state index contributed by atoms with van der Waals surface area (Å²) in [6.45, 7) is -0.843. The molecule has 0 unspecified atom stereocenters. The Morgan fingerprint density at radius 3 is 2.22 bits per heavy atom. The number of benzene rings is 2. The van der Waals surface area contributed by atoms with Gasteiger partial charge in [-0.3, -0.25) is 15.4 Å². The SMILES string of the molecule is CCNC(=O)NC(=O)CN[C@H](c1ccccc1)c1ccc(OC(F)F)cc1. The van der Waals surface area contributed by atoms with E-state index in [-0.39, 0.29) is 18.3 Å². The number of hydrogen-bond donors (Lipinski definition) is 3. The molecule has 0 radical (unpaired) electrons. The van der Waals surface area contributed by atoms with Crippen LogP contribution in [0.2, 0.25) is 0 Å². The summed E-state index contributed by atoms with van der Waals surface area (Å²) < 4.78 is 29.0. The highest BCUT2D eigenvalue weighted by atomic mass is 19.3. The first kappa shape index (κ1) is 20.3. The molecule has 0 aliphatic carbocycles. The molecule has 0 saturated carbocycles. The molecule has 3 N–H and O–H groups in total. The van der Waals surface area contributed by atoms with Crippen molar-refractivity contribution < 1.29 is 23.1 Å². The molecule has 3 amide bonds. The third kappa shape index (κ3) is 6.67. The van der Waals surface area contributed by atoms with E-state index in [1.54, 1.807) is 19.1 Å². The molecule has 0 fully saturated rings. The van der Waals surface area contributed by atoms with Gasteiger partial charge >= 0.3 is 12.6 Å². The molecule has 0 saturated heterocycles. The number of carbonyl (C=O) groups is 2. The number of nitrogens with one attached hydrogen (secondary N) is 3. The van der Waals surface area contributed by atoms with Gasteiger partial charge in [0, 0.05) is 6.54 Å². The lowest BCUT2D eigenvalue weighted by Crippen LogP contribution is -2.44. The van der Waals surface area contributed by atoms with Gasteiger partial charge in [-0.1, -0.05) is 42.5 Å². The van der Waals surface area contributed by atoms with Gasteiger partial charge in [0.25, 0.3) is 0 Å². The number of rotatable bonds is 8. The summed E-state index contributed by atoms with van der Waals surface area (Å²) in [4.78, 5) is 23.4. The molecule has 0 bridgehead atoms. The molecule has 27 heavy (non-hydrogen) atoms. The summed E-state index contributed by atoms with van der Waals surface area (Å²) in [5, 5.41) is 7.77. The predicted octanol–water partition coefficient (Wildman–Crippen LogP) is 2.81. The van der Waals surface area contributed by atoms with Gasteiger partial charge in [0.1, 0.15) is 5.75 Å². The molecule has 6 nitrogen and oxygen atoms in total. The van der Waals surface area contributed by atoms with Crippen molar-refractivity contribution in [1.29, 1.82) is 0 Å². The second-order valence-corrected chi connectivity index (χ2v) is 5.58. The molecule has 0 aromatic heterocycles. The summed E-state index contributed by atoms with van der Waals surface area (Å²) in [5.74, 6) is -0.436. The third-order valence-electron chi connectivity index (χ3n) is 3.63. The second kappa shape index (κ2) is 10.2. The third-order valence-corrected chi connectivity index (χ3v) is 3.63. The molecule has 144 valence electrons. The van der Waals surface area contributed by atoms with Gasteiger partial charge in [-0.25, -0.2) is 4.79 Å². The number of urea groups is 1. The Bertz CT molecular complexity index is 740. The maximum absolute atomic E-state index is 12.3. The van der Waals surface area contributed by atoms with Crippen molar-refractivity contribution in [3.05, 3.63) is 65.7 Å². The highest BCUT2D eigenvalue weighted by Crippen LogP contribution is 2.24. The van der Waals surface area contributed by atoms with Crippen LogP contribution >= 0.6 is 0 Å². The first-order chi connectivity index (χ1) is 13.0. The van der Waals surface area contributed by atoms with Crippen molar-refractivity contribution in [3.8, 4) is 5.75 Å². The molecule has 0 spiro atoms. The monoisotopic (exact) mass is 377 g/mol. The van der Waals surface area contributed by atoms with Crippen LogP contribution in [-0.4, -0.2) is 31.6 Å². The highest BCUT2D eigenvalue weighted by Gasteiger charge is 2.16. The zero-order valence-electron chi connectivity index (χ0n) is 14.7. The van der Waals surface area contributed by atoms with Crippen LogP contribution in [0.3, 0.4) is 0 Å². The van der Waals surface area contributed by atoms with Gasteiger partial charge in [-0.15, -0.1) is 0 Å². The van der Waals surface area contributed by atoms with E-state index in [2.05, 4.69) is 20.7 Å². The van der Waals surface area contributed by atoms with Crippen molar-refractivity contribution in [1.82, 2.24) is 16.0 Å².